The van der Waals surface area contributed by atoms with E-state index in [1.165, 1.54) is 10.0 Å². The minimum atomic E-state index is 0.375. The van der Waals surface area contributed by atoms with Crippen LogP contribution in [0.4, 0.5) is 0 Å². The molecule has 0 aliphatic rings. The summed E-state index contributed by atoms with van der Waals surface area (Å²) < 4.78 is 1.49. The first-order valence-corrected chi connectivity index (χ1v) is 4.96. The van der Waals surface area contributed by atoms with Crippen LogP contribution in [0.2, 0.25) is 13.1 Å². The van der Waals surface area contributed by atoms with Crippen LogP contribution in [0, 0.1) is 10.8 Å². The Labute approximate surface area is 84.9 Å². The Kier molecular flexibility index (Phi) is 3.68. The van der Waals surface area contributed by atoms with Crippen LogP contribution in [0.3, 0.4) is 0 Å². The smallest absolute Gasteiger partial charge is 0.172 e. The number of nitrogens with one attached hydrogen (secondary N) is 2. The fraction of sp³-hybridized carbons (Fsp3) is 0.400. The highest BCUT2D eigenvalue weighted by Crippen LogP contribution is 1.96. The maximum Gasteiger partial charge on any atom is 0.172 e. The van der Waals surface area contributed by atoms with E-state index in [2.05, 4.69) is 13.7 Å². The summed E-state index contributed by atoms with van der Waals surface area (Å²) in [6.07, 6.45) is 5.23. The minimum Gasteiger partial charge on any atom is -0.293 e. The largest absolute Gasteiger partial charge is 0.293 e. The summed E-state index contributed by atoms with van der Waals surface area (Å²) in [6.45, 7) is 4.84. The number of nitrogens with zero attached hydrogens (tertiary/aromatic N) is 1. The summed E-state index contributed by atoms with van der Waals surface area (Å²) in [5, 5.41) is 14.7. The van der Waals surface area contributed by atoms with Crippen LogP contribution in [0.15, 0.2) is 18.3 Å². The monoisotopic (exact) mass is 189 g/mol. The molecule has 1 rings (SSSR count). The molecule has 0 saturated carbocycles. The lowest BCUT2D eigenvalue weighted by Gasteiger charge is -2.07. The van der Waals surface area contributed by atoms with Gasteiger partial charge in [-0.3, -0.25) is 15.4 Å². The highest BCUT2D eigenvalue weighted by Gasteiger charge is 2.08. The number of hydrogen-bond donors (Lipinski definition) is 2. The zero-order valence-electron chi connectivity index (χ0n) is 8.75. The summed E-state index contributed by atoms with van der Waals surface area (Å²) in [4.78, 5) is 0. The summed E-state index contributed by atoms with van der Waals surface area (Å²) >= 11 is 0. The maximum atomic E-state index is 7.65. The normalized spacial score (nSPS) is 9.86. The Morgan fingerprint density at radius 2 is 2.29 bits per heavy atom. The molecule has 0 radical (unpaired) electrons. The van der Waals surface area contributed by atoms with Gasteiger partial charge in [0, 0.05) is 6.20 Å². The molecule has 0 aromatic carbocycles. The van der Waals surface area contributed by atoms with Crippen LogP contribution in [-0.4, -0.2) is 17.6 Å². The molecule has 0 atom stereocenters. The molecule has 0 saturated heterocycles. The second-order valence-corrected chi connectivity index (χ2v) is 3.57. The molecule has 2 N–H and O–H groups in total. The second-order valence-electron chi connectivity index (χ2n) is 3.57. The van der Waals surface area contributed by atoms with Gasteiger partial charge in [-0.25, -0.2) is 0 Å². The lowest BCUT2D eigenvalue weighted by atomic mass is 9.44. The van der Waals surface area contributed by atoms with Crippen LogP contribution < -0.4 is 11.0 Å². The van der Waals surface area contributed by atoms with Crippen molar-refractivity contribution in [2.24, 2.45) is 0 Å². The van der Waals surface area contributed by atoms with Crippen molar-refractivity contribution in [3.05, 3.63) is 23.8 Å². The third-order valence-electron chi connectivity index (χ3n) is 2.44. The van der Waals surface area contributed by atoms with Crippen molar-refractivity contribution in [3.8, 4) is 0 Å². The van der Waals surface area contributed by atoms with E-state index in [0.717, 1.165) is 19.1 Å². The van der Waals surface area contributed by atoms with Crippen LogP contribution >= 0.6 is 0 Å². The number of rotatable bonds is 4. The lowest BCUT2D eigenvalue weighted by Crippen LogP contribution is -2.32. The van der Waals surface area contributed by atoms with E-state index >= 15 is 0 Å². The predicted octanol–water partition coefficient (Wildman–Crippen LogP) is 1.16. The van der Waals surface area contributed by atoms with Gasteiger partial charge in [0.15, 0.2) is 6.71 Å². The molecule has 14 heavy (non-hydrogen) atoms. The number of aromatic nitrogens is 1. The molecule has 0 aliphatic carbocycles. The van der Waals surface area contributed by atoms with Crippen LogP contribution in [0.25, 0.3) is 0 Å². The molecule has 74 valence electrons. The molecular weight excluding hydrogens is 173 g/mol. The van der Waals surface area contributed by atoms with E-state index < -0.39 is 0 Å². The molecule has 1 heterocycles. The van der Waals surface area contributed by atoms with E-state index in [0.29, 0.717) is 12.2 Å². The molecule has 0 bridgehead atoms. The van der Waals surface area contributed by atoms with Gasteiger partial charge in [-0.2, -0.15) is 0 Å². The van der Waals surface area contributed by atoms with Gasteiger partial charge in [-0.1, -0.05) is 38.0 Å². The number of hydrogen-bond acceptors (Lipinski definition) is 2. The summed E-state index contributed by atoms with van der Waals surface area (Å²) in [5.41, 5.74) is 1.57. The lowest BCUT2D eigenvalue weighted by molar-refractivity contribution is 0.990. The Morgan fingerprint density at radius 1 is 1.57 bits per heavy atom. The van der Waals surface area contributed by atoms with E-state index in [4.69, 9.17) is 10.8 Å². The average Bonchev–Trinajstić information content (AvgIpc) is 2.18. The van der Waals surface area contributed by atoms with Crippen molar-refractivity contribution >= 4 is 18.5 Å². The van der Waals surface area contributed by atoms with Crippen LogP contribution in [0.5, 0.6) is 0 Å². The number of pyridine rings is 1. The fourth-order valence-electron chi connectivity index (χ4n) is 1.55. The van der Waals surface area contributed by atoms with Crippen molar-refractivity contribution in [3.63, 3.8) is 0 Å². The zero-order chi connectivity index (χ0) is 10.6. The molecule has 0 amide bonds. The van der Waals surface area contributed by atoms with Gasteiger partial charge >= 0.3 is 0 Å². The van der Waals surface area contributed by atoms with Crippen molar-refractivity contribution in [1.82, 2.24) is 4.57 Å². The molecule has 0 spiro atoms. The first kappa shape index (κ1) is 10.8. The fourth-order valence-corrected chi connectivity index (χ4v) is 1.55. The van der Waals surface area contributed by atoms with Crippen LogP contribution in [-0.2, 0) is 0 Å². The summed E-state index contributed by atoms with van der Waals surface area (Å²) in [6, 6.07) is 3.83. The standard InChI is InChI=1S/C10H16BN3/c1-3-5-11(2)9-4-6-14(8-12)10(13)7-9/h4,6-8,12-13H,3,5H2,1-2H3. The Hall–Kier alpha value is -1.32. The van der Waals surface area contributed by atoms with Gasteiger partial charge in [0.05, 0.1) is 6.34 Å². The molecule has 3 nitrogen and oxygen atoms in total. The maximum absolute atomic E-state index is 7.65. The van der Waals surface area contributed by atoms with E-state index in [1.807, 2.05) is 12.1 Å². The van der Waals surface area contributed by atoms with Crippen molar-refractivity contribution in [1.29, 1.82) is 10.8 Å². The molecular formula is C10H16BN3. The van der Waals surface area contributed by atoms with E-state index in [1.54, 1.807) is 6.20 Å². The third kappa shape index (κ3) is 2.34. The highest BCUT2D eigenvalue weighted by molar-refractivity contribution is 6.71. The van der Waals surface area contributed by atoms with Crippen LogP contribution in [0.1, 0.15) is 13.3 Å². The zero-order valence-corrected chi connectivity index (χ0v) is 8.75. The molecule has 1 aromatic heterocycles. The molecule has 1 aromatic rings. The third-order valence-corrected chi connectivity index (χ3v) is 2.44. The SMILES string of the molecule is CCCB(C)c1ccn(C=N)c(=N)c1. The summed E-state index contributed by atoms with van der Waals surface area (Å²) in [5.74, 6) is 0. The van der Waals surface area contributed by atoms with Crippen molar-refractivity contribution in [2.75, 3.05) is 0 Å². The van der Waals surface area contributed by atoms with Gasteiger partial charge < -0.3 is 0 Å². The molecule has 0 unspecified atom stereocenters. The minimum absolute atomic E-state index is 0.375. The van der Waals surface area contributed by atoms with Crippen molar-refractivity contribution in [2.45, 2.75) is 26.5 Å². The highest BCUT2D eigenvalue weighted by atomic mass is 15.0. The van der Waals surface area contributed by atoms with Gasteiger partial charge in [0.1, 0.15) is 5.49 Å². The van der Waals surface area contributed by atoms with Crippen molar-refractivity contribution < 1.29 is 0 Å². The first-order valence-electron chi connectivity index (χ1n) is 4.96. The Balaban J connectivity index is 2.96. The van der Waals surface area contributed by atoms with Gasteiger partial charge in [-0.05, 0) is 6.07 Å². The van der Waals surface area contributed by atoms with Gasteiger partial charge in [0.2, 0.25) is 0 Å². The molecule has 4 heteroatoms. The van der Waals surface area contributed by atoms with E-state index in [9.17, 15) is 0 Å². The average molecular weight is 189 g/mol. The Bertz CT molecular complexity index is 370. The van der Waals surface area contributed by atoms with E-state index in [-0.39, 0.29) is 0 Å². The predicted molar refractivity (Wildman–Crippen MR) is 60.8 cm³/mol. The Morgan fingerprint density at radius 3 is 2.79 bits per heavy atom. The summed E-state index contributed by atoms with van der Waals surface area (Å²) in [7, 11) is 0. The molecule has 0 aliphatic heterocycles. The molecule has 0 fully saturated rings. The van der Waals surface area contributed by atoms with Gasteiger partial charge in [-0.15, -0.1) is 0 Å². The quantitative estimate of drug-likeness (QED) is 0.405. The van der Waals surface area contributed by atoms with Gasteiger partial charge in [0.25, 0.3) is 0 Å². The topological polar surface area (TPSA) is 52.6 Å². The second kappa shape index (κ2) is 4.79. The first-order chi connectivity index (χ1) is 6.69.